The number of esters is 1. The predicted octanol–water partition coefficient (Wildman–Crippen LogP) is 0.363. The van der Waals surface area contributed by atoms with E-state index in [4.69, 9.17) is 4.74 Å². The number of carbonyl (C=O) groups excluding carboxylic acids is 2. The number of aliphatic hydroxyl groups is 2. The Morgan fingerprint density at radius 3 is 2.80 bits per heavy atom. The largest absolute Gasteiger partial charge is 0.454 e. The fraction of sp³-hybridized carbons (Fsp3) is 0.600. The summed E-state index contributed by atoms with van der Waals surface area (Å²) < 4.78 is 5.27. The molecular formula is C15H18O5. The number of allylic oxidation sites excluding steroid dienone is 2. The van der Waals surface area contributed by atoms with Gasteiger partial charge < -0.3 is 14.9 Å². The van der Waals surface area contributed by atoms with Crippen LogP contribution in [0.1, 0.15) is 20.3 Å². The quantitative estimate of drug-likeness (QED) is 0.677. The lowest BCUT2D eigenvalue weighted by Gasteiger charge is -2.35. The molecule has 1 aliphatic heterocycles. The first-order valence-electron chi connectivity index (χ1n) is 6.86. The van der Waals surface area contributed by atoms with Gasteiger partial charge in [-0.05, 0) is 31.3 Å². The Morgan fingerprint density at radius 2 is 2.15 bits per heavy atom. The molecule has 0 amide bonds. The highest BCUT2D eigenvalue weighted by Crippen LogP contribution is 2.51. The minimum absolute atomic E-state index is 0.0817. The van der Waals surface area contributed by atoms with Crippen molar-refractivity contribution in [2.75, 3.05) is 6.61 Å². The molecule has 1 saturated carbocycles. The molecule has 0 aromatic carbocycles. The molecule has 0 aromatic rings. The van der Waals surface area contributed by atoms with Gasteiger partial charge >= 0.3 is 5.97 Å². The maximum absolute atomic E-state index is 12.2. The highest BCUT2D eigenvalue weighted by atomic mass is 16.6. The van der Waals surface area contributed by atoms with Crippen molar-refractivity contribution in [1.82, 2.24) is 0 Å². The van der Waals surface area contributed by atoms with Gasteiger partial charge in [-0.3, -0.25) is 4.79 Å². The molecule has 2 N–H and O–H groups in total. The first-order valence-corrected chi connectivity index (χ1v) is 6.86. The van der Waals surface area contributed by atoms with Crippen LogP contribution in [-0.2, 0) is 14.3 Å². The maximum Gasteiger partial charge on any atom is 0.337 e. The normalized spacial score (nSPS) is 43.4. The first-order chi connectivity index (χ1) is 9.41. The van der Waals surface area contributed by atoms with E-state index in [-0.39, 0.29) is 23.2 Å². The number of rotatable bonds is 1. The first kappa shape index (κ1) is 13.5. The molecule has 20 heavy (non-hydrogen) atoms. The van der Waals surface area contributed by atoms with Crippen LogP contribution in [0.3, 0.4) is 0 Å². The van der Waals surface area contributed by atoms with Gasteiger partial charge in [0.15, 0.2) is 5.78 Å². The lowest BCUT2D eigenvalue weighted by molar-refractivity contribution is -0.140. The molecule has 2 aliphatic carbocycles. The van der Waals surface area contributed by atoms with Crippen molar-refractivity contribution in [2.45, 2.75) is 32.5 Å². The molecule has 3 rings (SSSR count). The third-order valence-electron chi connectivity index (χ3n) is 5.09. The van der Waals surface area contributed by atoms with E-state index in [0.717, 1.165) is 0 Å². The average molecular weight is 278 g/mol. The van der Waals surface area contributed by atoms with Crippen LogP contribution in [0.2, 0.25) is 0 Å². The fourth-order valence-corrected chi connectivity index (χ4v) is 3.89. The highest BCUT2D eigenvalue weighted by molar-refractivity contribution is 5.99. The molecule has 0 aromatic heterocycles. The Hall–Kier alpha value is -1.46. The topological polar surface area (TPSA) is 83.8 Å². The number of ether oxygens (including phenoxy) is 1. The van der Waals surface area contributed by atoms with Gasteiger partial charge in [-0.15, -0.1) is 0 Å². The third-order valence-corrected chi connectivity index (χ3v) is 5.09. The van der Waals surface area contributed by atoms with E-state index in [2.05, 4.69) is 0 Å². The van der Waals surface area contributed by atoms with Crippen LogP contribution < -0.4 is 0 Å². The summed E-state index contributed by atoms with van der Waals surface area (Å²) in [4.78, 5) is 24.0. The summed E-state index contributed by atoms with van der Waals surface area (Å²) in [6.07, 6.45) is 2.29. The van der Waals surface area contributed by atoms with Crippen molar-refractivity contribution in [2.24, 2.45) is 17.3 Å². The summed E-state index contributed by atoms with van der Waals surface area (Å²) in [5.41, 5.74) is -0.472. The number of carbonyl (C=O) groups is 2. The Kier molecular flexibility index (Phi) is 2.88. The molecule has 0 bridgehead atoms. The van der Waals surface area contributed by atoms with E-state index in [0.29, 0.717) is 12.0 Å². The lowest BCUT2D eigenvalue weighted by Crippen LogP contribution is -2.44. The van der Waals surface area contributed by atoms with Crippen LogP contribution in [0, 0.1) is 17.3 Å². The molecule has 5 heteroatoms. The highest BCUT2D eigenvalue weighted by Gasteiger charge is 2.57. The summed E-state index contributed by atoms with van der Waals surface area (Å²) in [6, 6.07) is 0. The summed E-state index contributed by atoms with van der Waals surface area (Å²) in [5.74, 6) is -0.696. The zero-order valence-corrected chi connectivity index (χ0v) is 11.5. The van der Waals surface area contributed by atoms with Crippen molar-refractivity contribution in [3.8, 4) is 0 Å². The van der Waals surface area contributed by atoms with Gasteiger partial charge in [-0.1, -0.05) is 13.0 Å². The van der Waals surface area contributed by atoms with Crippen molar-refractivity contribution in [3.63, 3.8) is 0 Å². The summed E-state index contributed by atoms with van der Waals surface area (Å²) in [7, 11) is 0. The SMILES string of the molecule is C[C@@H]1C[C@H]2OC(=O)C(CO)=C2[C@H](O)[C@]2(C)C(=O)C=C[C@H]12. The molecule has 1 fully saturated rings. The molecule has 108 valence electrons. The van der Waals surface area contributed by atoms with Crippen LogP contribution in [0.5, 0.6) is 0 Å². The maximum atomic E-state index is 12.2. The number of aliphatic hydroxyl groups excluding tert-OH is 2. The smallest absolute Gasteiger partial charge is 0.337 e. The van der Waals surface area contributed by atoms with Gasteiger partial charge in [0.2, 0.25) is 0 Å². The van der Waals surface area contributed by atoms with E-state index in [1.807, 2.05) is 13.0 Å². The average Bonchev–Trinajstić information content (AvgIpc) is 2.85. The van der Waals surface area contributed by atoms with E-state index >= 15 is 0 Å². The monoisotopic (exact) mass is 278 g/mol. The number of fused-ring (bicyclic) bond motifs is 2. The number of hydrogen-bond acceptors (Lipinski definition) is 5. The molecule has 0 saturated heterocycles. The van der Waals surface area contributed by atoms with Crippen molar-refractivity contribution < 1.29 is 24.5 Å². The van der Waals surface area contributed by atoms with Crippen LogP contribution in [0.25, 0.3) is 0 Å². The van der Waals surface area contributed by atoms with Crippen molar-refractivity contribution in [3.05, 3.63) is 23.3 Å². The zero-order valence-electron chi connectivity index (χ0n) is 11.5. The van der Waals surface area contributed by atoms with Gasteiger partial charge in [0.05, 0.1) is 23.7 Å². The van der Waals surface area contributed by atoms with Gasteiger partial charge in [0.25, 0.3) is 0 Å². The van der Waals surface area contributed by atoms with Crippen LogP contribution >= 0.6 is 0 Å². The molecule has 0 radical (unpaired) electrons. The molecular weight excluding hydrogens is 260 g/mol. The Balaban J connectivity index is 2.16. The molecule has 0 spiro atoms. The second-order valence-electron chi connectivity index (χ2n) is 6.13. The van der Waals surface area contributed by atoms with Crippen LogP contribution in [0.4, 0.5) is 0 Å². The molecule has 5 atom stereocenters. The minimum atomic E-state index is -1.10. The van der Waals surface area contributed by atoms with E-state index < -0.39 is 30.2 Å². The number of hydrogen-bond donors (Lipinski definition) is 2. The van der Waals surface area contributed by atoms with E-state index in [1.54, 1.807) is 6.92 Å². The summed E-state index contributed by atoms with van der Waals surface area (Å²) in [5, 5.41) is 20.1. The molecule has 3 aliphatic rings. The van der Waals surface area contributed by atoms with E-state index in [1.165, 1.54) is 6.08 Å². The Morgan fingerprint density at radius 1 is 1.45 bits per heavy atom. The van der Waals surface area contributed by atoms with Crippen molar-refractivity contribution in [1.29, 1.82) is 0 Å². The third kappa shape index (κ3) is 1.50. The second kappa shape index (κ2) is 4.27. The van der Waals surface area contributed by atoms with Gasteiger partial charge in [0, 0.05) is 5.57 Å². The van der Waals surface area contributed by atoms with Gasteiger partial charge in [0.1, 0.15) is 6.10 Å². The Labute approximate surface area is 116 Å². The van der Waals surface area contributed by atoms with Gasteiger partial charge in [-0.25, -0.2) is 4.79 Å². The predicted molar refractivity (Wildman–Crippen MR) is 69.5 cm³/mol. The van der Waals surface area contributed by atoms with Crippen molar-refractivity contribution >= 4 is 11.8 Å². The molecule has 0 unspecified atom stereocenters. The summed E-state index contributed by atoms with van der Waals surface area (Å²) >= 11 is 0. The molecule has 5 nitrogen and oxygen atoms in total. The fourth-order valence-electron chi connectivity index (χ4n) is 3.89. The lowest BCUT2D eigenvalue weighted by atomic mass is 9.69. The summed E-state index contributed by atoms with van der Waals surface area (Å²) in [6.45, 7) is 3.25. The number of ketones is 1. The zero-order chi connectivity index (χ0) is 14.7. The van der Waals surface area contributed by atoms with Crippen LogP contribution in [0.15, 0.2) is 23.3 Å². The van der Waals surface area contributed by atoms with E-state index in [9.17, 15) is 19.8 Å². The second-order valence-corrected chi connectivity index (χ2v) is 6.13. The van der Waals surface area contributed by atoms with Gasteiger partial charge in [-0.2, -0.15) is 0 Å². The van der Waals surface area contributed by atoms with Crippen LogP contribution in [-0.4, -0.2) is 40.8 Å². The standard InChI is InChI=1S/C15H18O5/c1-7-5-10-12(8(6-16)14(19)20-10)13(18)15(2)9(7)3-4-11(15)17/h3-4,7,9-10,13,16,18H,5-6H2,1-2H3/t7-,9-,10-,13+,15+/m1/s1. The minimum Gasteiger partial charge on any atom is -0.454 e. The molecule has 1 heterocycles. The Bertz CT molecular complexity index is 546.